The molecule has 4 aromatic rings. The molecule has 5 heterocycles. The predicted molar refractivity (Wildman–Crippen MR) is 159 cm³/mol. The third-order valence-corrected chi connectivity index (χ3v) is 7.81. The molecular weight excluding hydrogens is 518 g/mol. The number of aromatic nitrogens is 5. The van der Waals surface area contributed by atoms with E-state index in [1.807, 2.05) is 48.9 Å². The molecular formula is C30H37N9O2. The number of ether oxygens (including phenoxy) is 1. The molecule has 0 spiro atoms. The summed E-state index contributed by atoms with van der Waals surface area (Å²) in [5, 5.41) is 11.2. The molecule has 2 N–H and O–H groups in total. The molecule has 6 rings (SSSR count). The van der Waals surface area contributed by atoms with Crippen molar-refractivity contribution >= 4 is 28.6 Å². The van der Waals surface area contributed by atoms with Crippen LogP contribution in [0, 0.1) is 0 Å². The molecule has 0 saturated carbocycles. The molecule has 214 valence electrons. The smallest absolute Gasteiger partial charge is 0.318 e. The number of rotatable bonds is 6. The van der Waals surface area contributed by atoms with Crippen molar-refractivity contribution in [3.05, 3.63) is 60.6 Å². The Morgan fingerprint density at radius 3 is 2.46 bits per heavy atom. The molecule has 2 fully saturated rings. The summed E-state index contributed by atoms with van der Waals surface area (Å²) >= 11 is 0. The van der Waals surface area contributed by atoms with Gasteiger partial charge in [0.2, 0.25) is 0 Å². The van der Waals surface area contributed by atoms with Crippen molar-refractivity contribution in [1.29, 1.82) is 0 Å². The molecule has 2 saturated heterocycles. The third kappa shape index (κ3) is 6.01. The zero-order chi connectivity index (χ0) is 28.3. The van der Waals surface area contributed by atoms with Gasteiger partial charge in [-0.1, -0.05) is 6.07 Å². The molecule has 41 heavy (non-hydrogen) atoms. The Kier molecular flexibility index (Phi) is 7.80. The van der Waals surface area contributed by atoms with E-state index in [2.05, 4.69) is 50.0 Å². The monoisotopic (exact) mass is 555 g/mol. The molecule has 11 heteroatoms. The minimum Gasteiger partial charge on any atom is -0.372 e. The topological polar surface area (TPSA) is 113 Å². The van der Waals surface area contributed by atoms with Crippen LogP contribution < -0.4 is 15.5 Å². The zero-order valence-electron chi connectivity index (χ0n) is 23.8. The van der Waals surface area contributed by atoms with Gasteiger partial charge in [0, 0.05) is 63.4 Å². The van der Waals surface area contributed by atoms with E-state index in [0.29, 0.717) is 11.5 Å². The van der Waals surface area contributed by atoms with Crippen molar-refractivity contribution in [2.45, 2.75) is 51.5 Å². The number of piperidine rings is 1. The molecule has 0 bridgehead atoms. The Morgan fingerprint density at radius 1 is 1.02 bits per heavy atom. The number of morpholine rings is 1. The number of urea groups is 1. The minimum atomic E-state index is -0.261. The molecule has 11 nitrogen and oxygen atoms in total. The SMILES string of the molecule is CNC(=O)Nc1ccc(-c2nc(N3C[C@@H](C)O[C@@H](C)C3)c3cnn(C4CCN(Cc5cccnc5)CC4)c3n2)cc1. The number of fused-ring (bicyclic) bond motifs is 1. The third-order valence-electron chi connectivity index (χ3n) is 7.81. The number of benzene rings is 1. The summed E-state index contributed by atoms with van der Waals surface area (Å²) < 4.78 is 8.13. The van der Waals surface area contributed by atoms with Gasteiger partial charge in [0.25, 0.3) is 0 Å². The summed E-state index contributed by atoms with van der Waals surface area (Å²) in [5.41, 5.74) is 3.68. The van der Waals surface area contributed by atoms with Crippen LogP contribution in [0.15, 0.2) is 55.0 Å². The van der Waals surface area contributed by atoms with Gasteiger partial charge in [0.1, 0.15) is 5.82 Å². The van der Waals surface area contributed by atoms with Gasteiger partial charge in [-0.2, -0.15) is 5.10 Å². The molecule has 3 aromatic heterocycles. The number of carbonyl (C=O) groups excluding carboxylic acids is 1. The van der Waals surface area contributed by atoms with Crippen LogP contribution in [0.3, 0.4) is 0 Å². The summed E-state index contributed by atoms with van der Waals surface area (Å²) in [6.07, 6.45) is 7.88. The summed E-state index contributed by atoms with van der Waals surface area (Å²) in [6.45, 7) is 8.60. The lowest BCUT2D eigenvalue weighted by molar-refractivity contribution is -0.00536. The van der Waals surface area contributed by atoms with Crippen LogP contribution in [-0.2, 0) is 11.3 Å². The number of nitrogens with one attached hydrogen (secondary N) is 2. The Bertz CT molecular complexity index is 1470. The van der Waals surface area contributed by atoms with Gasteiger partial charge in [-0.15, -0.1) is 0 Å². The molecule has 0 unspecified atom stereocenters. The highest BCUT2D eigenvalue weighted by Crippen LogP contribution is 2.33. The van der Waals surface area contributed by atoms with E-state index >= 15 is 0 Å². The van der Waals surface area contributed by atoms with Gasteiger partial charge in [0.05, 0.1) is 29.8 Å². The lowest BCUT2D eigenvalue weighted by atomic mass is 10.0. The first-order valence-electron chi connectivity index (χ1n) is 14.3. The summed E-state index contributed by atoms with van der Waals surface area (Å²) in [5.74, 6) is 1.53. The van der Waals surface area contributed by atoms with Crippen LogP contribution in [0.2, 0.25) is 0 Å². The Labute approximate surface area is 239 Å². The minimum absolute atomic E-state index is 0.0986. The van der Waals surface area contributed by atoms with E-state index in [9.17, 15) is 4.79 Å². The second-order valence-electron chi connectivity index (χ2n) is 11.0. The fourth-order valence-electron chi connectivity index (χ4n) is 5.87. The van der Waals surface area contributed by atoms with Gasteiger partial charge in [-0.25, -0.2) is 19.4 Å². The standard InChI is InChI=1S/C30H37N9O2/c1-20-17-38(18-21(2)41-20)28-26-16-33-39(25-10-13-37(14-11-25)19-22-5-4-12-32-15-22)29(26)36-27(35-28)23-6-8-24(9-7-23)34-30(40)31-3/h4-9,12,15-16,20-21,25H,10-11,13-14,17-19H2,1-3H3,(H2,31,34,40)/t20-,21+. The van der Waals surface area contributed by atoms with Crippen molar-refractivity contribution in [1.82, 2.24) is 34.9 Å². The van der Waals surface area contributed by atoms with Crippen LogP contribution in [-0.4, -0.2) is 81.1 Å². The average Bonchev–Trinajstić information content (AvgIpc) is 3.41. The van der Waals surface area contributed by atoms with Crippen molar-refractivity contribution in [2.75, 3.05) is 43.4 Å². The van der Waals surface area contributed by atoms with Gasteiger partial charge >= 0.3 is 6.03 Å². The summed E-state index contributed by atoms with van der Waals surface area (Å²) in [6, 6.07) is 11.7. The molecule has 2 amide bonds. The highest BCUT2D eigenvalue weighted by Gasteiger charge is 2.29. The van der Waals surface area contributed by atoms with Gasteiger partial charge < -0.3 is 20.3 Å². The van der Waals surface area contributed by atoms with Crippen LogP contribution in [0.25, 0.3) is 22.4 Å². The lowest BCUT2D eigenvalue weighted by Gasteiger charge is -2.36. The number of carbonyl (C=O) groups is 1. The Hall–Kier alpha value is -4.09. The van der Waals surface area contributed by atoms with Gasteiger partial charge in [-0.3, -0.25) is 9.88 Å². The maximum Gasteiger partial charge on any atom is 0.318 e. The van der Waals surface area contributed by atoms with Crippen LogP contribution in [0.1, 0.15) is 38.3 Å². The van der Waals surface area contributed by atoms with Crippen LogP contribution >= 0.6 is 0 Å². The summed E-state index contributed by atoms with van der Waals surface area (Å²) in [4.78, 5) is 31.0. The van der Waals surface area contributed by atoms with Gasteiger partial charge in [0.15, 0.2) is 11.5 Å². The van der Waals surface area contributed by atoms with Crippen LogP contribution in [0.4, 0.5) is 16.3 Å². The fraction of sp³-hybridized carbons (Fsp3) is 0.433. The normalized spacial score (nSPS) is 20.3. The Morgan fingerprint density at radius 2 is 1.78 bits per heavy atom. The van der Waals surface area contributed by atoms with E-state index in [1.54, 1.807) is 7.05 Å². The second-order valence-corrected chi connectivity index (χ2v) is 11.0. The number of pyridine rings is 1. The van der Waals surface area contributed by atoms with E-state index < -0.39 is 0 Å². The number of nitrogens with zero attached hydrogens (tertiary/aromatic N) is 7. The molecule has 0 radical (unpaired) electrons. The molecule has 2 atom stereocenters. The van der Waals surface area contributed by atoms with Crippen molar-refractivity contribution in [2.24, 2.45) is 0 Å². The largest absolute Gasteiger partial charge is 0.372 e. The van der Waals surface area contributed by atoms with E-state index in [1.165, 1.54) is 5.56 Å². The molecule has 2 aliphatic rings. The maximum atomic E-state index is 11.7. The fourth-order valence-corrected chi connectivity index (χ4v) is 5.87. The number of anilines is 2. The van der Waals surface area contributed by atoms with E-state index in [4.69, 9.17) is 19.8 Å². The number of hydrogen-bond acceptors (Lipinski definition) is 8. The number of hydrogen-bond donors (Lipinski definition) is 2. The van der Waals surface area contributed by atoms with Crippen LogP contribution in [0.5, 0.6) is 0 Å². The van der Waals surface area contributed by atoms with Gasteiger partial charge in [-0.05, 0) is 62.6 Å². The molecule has 0 aliphatic carbocycles. The number of amides is 2. The maximum absolute atomic E-state index is 11.7. The van der Waals surface area contributed by atoms with Crippen molar-refractivity contribution in [3.63, 3.8) is 0 Å². The molecule has 1 aromatic carbocycles. The second kappa shape index (κ2) is 11.8. The quantitative estimate of drug-likeness (QED) is 0.366. The summed E-state index contributed by atoms with van der Waals surface area (Å²) in [7, 11) is 1.59. The van der Waals surface area contributed by atoms with Crippen molar-refractivity contribution < 1.29 is 9.53 Å². The first-order chi connectivity index (χ1) is 20.0. The number of likely N-dealkylation sites (tertiary alicyclic amines) is 1. The Balaban J connectivity index is 1.31. The average molecular weight is 556 g/mol. The highest BCUT2D eigenvalue weighted by atomic mass is 16.5. The molecule has 2 aliphatic heterocycles. The first kappa shape index (κ1) is 27.1. The zero-order valence-corrected chi connectivity index (χ0v) is 23.8. The lowest BCUT2D eigenvalue weighted by Crippen LogP contribution is -2.46. The van der Waals surface area contributed by atoms with Crippen molar-refractivity contribution in [3.8, 4) is 11.4 Å². The first-order valence-corrected chi connectivity index (χ1v) is 14.3. The van der Waals surface area contributed by atoms with E-state index in [-0.39, 0.29) is 24.3 Å². The predicted octanol–water partition coefficient (Wildman–Crippen LogP) is 4.09. The van der Waals surface area contributed by atoms with E-state index in [0.717, 1.165) is 68.0 Å². The highest BCUT2D eigenvalue weighted by molar-refractivity contribution is 5.90.